The highest BCUT2D eigenvalue weighted by atomic mass is 32.1. The van der Waals surface area contributed by atoms with Crippen LogP contribution >= 0.6 is 11.3 Å². The fourth-order valence-corrected chi connectivity index (χ4v) is 11.5. The van der Waals surface area contributed by atoms with Crippen molar-refractivity contribution < 1.29 is 66.7 Å². The Morgan fingerprint density at radius 3 is 1.60 bits per heavy atom. The molecule has 7 rings (SSSR count). The molecule has 2 aliphatic carbocycles. The molecule has 0 bridgehead atoms. The maximum atomic E-state index is 13.7. The number of para-hydroxylation sites is 1. The number of ether oxygens (including phenoxy) is 8. The molecule has 2 saturated carbocycles. The molecule has 2 fully saturated rings. The minimum absolute atomic E-state index is 0.118. The lowest BCUT2D eigenvalue weighted by Crippen LogP contribution is -2.40. The van der Waals surface area contributed by atoms with E-state index in [0.29, 0.717) is 110 Å². The topological polar surface area (TPSA) is 214 Å². The highest BCUT2D eigenvalue weighted by molar-refractivity contribution is 7.22. The number of aromatic nitrogens is 1. The van der Waals surface area contributed by atoms with Crippen molar-refractivity contribution in [3.05, 3.63) is 139 Å². The smallest absolute Gasteiger partial charge is 0.338 e. The first-order chi connectivity index (χ1) is 38.9. The molecular weight excluding hydrogens is 1070 g/mol. The van der Waals surface area contributed by atoms with E-state index in [1.165, 1.54) is 11.3 Å². The quantitative estimate of drug-likeness (QED) is 0.0144. The summed E-state index contributed by atoms with van der Waals surface area (Å²) in [7, 11) is 0. The number of carbonyl (C=O) groups excluding carboxylic acids is 6. The minimum Gasteiger partial charge on any atom is -0.488 e. The molecule has 0 spiro atoms. The van der Waals surface area contributed by atoms with E-state index in [4.69, 9.17) is 37.9 Å². The number of anilines is 1. The van der Waals surface area contributed by atoms with E-state index >= 15 is 0 Å². The molecule has 18 heteroatoms. The van der Waals surface area contributed by atoms with Crippen molar-refractivity contribution in [1.29, 1.82) is 0 Å². The highest BCUT2D eigenvalue weighted by Gasteiger charge is 2.36. The molecule has 0 radical (unpaired) electrons. The number of nitrogens with zero attached hydrogens (tertiary/aromatic N) is 2. The molecule has 1 N–H and O–H groups in total. The molecule has 17 nitrogen and oxygen atoms in total. The fourth-order valence-electron chi connectivity index (χ4n) is 10.7. The second-order valence-corrected chi connectivity index (χ2v) is 24.3. The lowest BCUT2D eigenvalue weighted by atomic mass is 9.87. The molecule has 1 heterocycles. The molecule has 0 unspecified atom stereocenters. The SMILES string of the molecule is C=CC(=O)OC(C)(C)CC(C)(C)Oc1ccc(C(=O)OC2CCC(C(=O)OCCc3ccc(OC(=O)C4CCC(OC(=O)c5ccc(OC(C)(C)CC(C)(C)OC(=O)C=C)cc5)CC4)c(/C=N/Nc4nc5ccccc5s4)c3)CC2)cc1. The van der Waals surface area contributed by atoms with Crippen LogP contribution in [0.1, 0.15) is 151 Å². The van der Waals surface area contributed by atoms with Crippen LogP contribution in [-0.2, 0) is 49.3 Å². The highest BCUT2D eigenvalue weighted by Crippen LogP contribution is 2.34. The Balaban J connectivity index is 0.874. The summed E-state index contributed by atoms with van der Waals surface area (Å²) in [4.78, 5) is 81.5. The van der Waals surface area contributed by atoms with E-state index in [1.54, 1.807) is 88.5 Å². The molecule has 5 aromatic rings. The number of thiazole rings is 1. The van der Waals surface area contributed by atoms with E-state index in [2.05, 4.69) is 28.7 Å². The van der Waals surface area contributed by atoms with Crippen molar-refractivity contribution in [2.24, 2.45) is 16.9 Å². The van der Waals surface area contributed by atoms with Gasteiger partial charge in [-0.25, -0.2) is 24.2 Å². The summed E-state index contributed by atoms with van der Waals surface area (Å²) in [6, 6.07) is 26.5. The van der Waals surface area contributed by atoms with Crippen molar-refractivity contribution in [3.63, 3.8) is 0 Å². The van der Waals surface area contributed by atoms with E-state index in [1.807, 2.05) is 64.1 Å². The molecule has 82 heavy (non-hydrogen) atoms. The van der Waals surface area contributed by atoms with Crippen LogP contribution in [0.5, 0.6) is 17.2 Å². The number of hydrazone groups is 1. The predicted molar refractivity (Wildman–Crippen MR) is 312 cm³/mol. The minimum atomic E-state index is -0.799. The second kappa shape index (κ2) is 27.3. The Morgan fingerprint density at radius 1 is 0.622 bits per heavy atom. The molecule has 2 aliphatic rings. The van der Waals surface area contributed by atoms with Gasteiger partial charge < -0.3 is 37.9 Å². The third-order valence-corrected chi connectivity index (χ3v) is 14.8. The van der Waals surface area contributed by atoms with Gasteiger partial charge in [0.1, 0.15) is 51.9 Å². The summed E-state index contributed by atoms with van der Waals surface area (Å²) in [5, 5.41) is 5.04. The summed E-state index contributed by atoms with van der Waals surface area (Å²) >= 11 is 1.45. The Labute approximate surface area is 483 Å². The van der Waals surface area contributed by atoms with Gasteiger partial charge in [0.05, 0.1) is 46.0 Å². The number of rotatable bonds is 25. The number of benzene rings is 4. The maximum Gasteiger partial charge on any atom is 0.338 e. The number of nitrogens with one attached hydrogen (secondary N) is 1. The summed E-state index contributed by atoms with van der Waals surface area (Å²) in [6.45, 7) is 21.8. The zero-order chi connectivity index (χ0) is 59.2. The van der Waals surface area contributed by atoms with Crippen LogP contribution in [0.4, 0.5) is 5.13 Å². The molecule has 0 saturated heterocycles. The fraction of sp³-hybridized carbons (Fsp3) is 0.438. The summed E-state index contributed by atoms with van der Waals surface area (Å²) in [5.41, 5.74) is 2.93. The van der Waals surface area contributed by atoms with Crippen LogP contribution in [0.25, 0.3) is 10.2 Å². The molecule has 4 aromatic carbocycles. The van der Waals surface area contributed by atoms with E-state index in [0.717, 1.165) is 27.9 Å². The van der Waals surface area contributed by atoms with Gasteiger partial charge in [0, 0.05) is 37.0 Å². The van der Waals surface area contributed by atoms with Gasteiger partial charge in [-0.2, -0.15) is 5.10 Å². The van der Waals surface area contributed by atoms with Crippen LogP contribution in [0.2, 0.25) is 0 Å². The normalized spacial score (nSPS) is 17.7. The largest absolute Gasteiger partial charge is 0.488 e. The van der Waals surface area contributed by atoms with Gasteiger partial charge in [0.25, 0.3) is 0 Å². The Hall–Kier alpha value is -7.86. The maximum absolute atomic E-state index is 13.7. The summed E-state index contributed by atoms with van der Waals surface area (Å²) in [5.74, 6) is -2.04. The van der Waals surface area contributed by atoms with Gasteiger partial charge in [0.2, 0.25) is 5.13 Å². The van der Waals surface area contributed by atoms with Crippen molar-refractivity contribution in [3.8, 4) is 17.2 Å². The van der Waals surface area contributed by atoms with Gasteiger partial charge in [-0.1, -0.05) is 42.7 Å². The van der Waals surface area contributed by atoms with Gasteiger partial charge in [-0.15, -0.1) is 0 Å². The van der Waals surface area contributed by atoms with Crippen LogP contribution in [0.15, 0.2) is 121 Å². The molecule has 0 amide bonds. The number of esters is 6. The van der Waals surface area contributed by atoms with E-state index in [9.17, 15) is 28.8 Å². The first-order valence-corrected chi connectivity index (χ1v) is 28.5. The second-order valence-electron chi connectivity index (χ2n) is 23.2. The lowest BCUT2D eigenvalue weighted by molar-refractivity contribution is -0.155. The molecule has 0 atom stereocenters. The van der Waals surface area contributed by atoms with Crippen LogP contribution in [0.3, 0.4) is 0 Å². The van der Waals surface area contributed by atoms with Crippen LogP contribution in [0, 0.1) is 11.8 Å². The van der Waals surface area contributed by atoms with Gasteiger partial charge >= 0.3 is 35.8 Å². The van der Waals surface area contributed by atoms with Crippen molar-refractivity contribution in [2.75, 3.05) is 12.0 Å². The third-order valence-electron chi connectivity index (χ3n) is 13.9. The number of hydrogen-bond acceptors (Lipinski definition) is 18. The zero-order valence-electron chi connectivity index (χ0n) is 48.1. The molecular formula is C64H75N3O14S. The molecule has 0 aliphatic heterocycles. The van der Waals surface area contributed by atoms with Crippen molar-refractivity contribution in [2.45, 2.75) is 161 Å². The average molecular weight is 1140 g/mol. The average Bonchev–Trinajstić information content (AvgIpc) is 3.84. The first kappa shape index (κ1) is 61.8. The number of hydrogen-bond donors (Lipinski definition) is 1. The first-order valence-electron chi connectivity index (χ1n) is 27.7. The van der Waals surface area contributed by atoms with E-state index < -0.39 is 58.2 Å². The van der Waals surface area contributed by atoms with Crippen molar-refractivity contribution >= 4 is 68.7 Å². The monoisotopic (exact) mass is 1140 g/mol. The number of carbonyl (C=O) groups is 6. The van der Waals surface area contributed by atoms with Gasteiger partial charge in [-0.3, -0.25) is 15.0 Å². The van der Waals surface area contributed by atoms with E-state index in [-0.39, 0.29) is 30.7 Å². The van der Waals surface area contributed by atoms with Crippen LogP contribution in [-0.4, -0.2) is 88.2 Å². The molecule has 436 valence electrons. The predicted octanol–water partition coefficient (Wildman–Crippen LogP) is 12.7. The van der Waals surface area contributed by atoms with Gasteiger partial charge in [-0.05, 0) is 185 Å². The third kappa shape index (κ3) is 18.6. The standard InChI is InChI=1S/C64H75N3O14S/c1-11-54(68)80-63(7,8)39-61(3,4)78-49-30-22-43(23-31-49)57(71)75-47-26-18-42(19-27-47)56(70)74-36-35-41-17-34-52(46(37-41)38-65-67-60-66-51-15-13-14-16-53(51)82-60)77-59(73)45-20-28-48(29-21-45)76-58(72)44-24-32-50(33-25-44)79-62(5,6)40-64(9,10)81-55(69)12-2/h11-17,22-25,30-34,37-38,42,45,47-48H,1-2,18-21,26-29,35-36,39-40H2,3-10H3,(H,66,67)/b65-38+. The Morgan fingerprint density at radius 2 is 1.11 bits per heavy atom. The van der Waals surface area contributed by atoms with Gasteiger partial charge in [0.15, 0.2) is 0 Å². The van der Waals surface area contributed by atoms with Crippen LogP contribution < -0.4 is 19.6 Å². The summed E-state index contributed by atoms with van der Waals surface area (Å²) in [6.07, 6.45) is 8.22. The lowest BCUT2D eigenvalue weighted by Gasteiger charge is -2.34. The molecule has 1 aromatic heterocycles. The Bertz CT molecular complexity index is 3070. The Kier molecular flexibility index (Phi) is 20.5. The summed E-state index contributed by atoms with van der Waals surface area (Å²) < 4.78 is 47.9. The van der Waals surface area contributed by atoms with Crippen molar-refractivity contribution in [1.82, 2.24) is 4.98 Å². The zero-order valence-corrected chi connectivity index (χ0v) is 48.9. The number of fused-ring (bicyclic) bond motifs is 1.